The van der Waals surface area contributed by atoms with E-state index in [1.165, 1.54) is 12.5 Å². The highest BCUT2D eigenvalue weighted by atomic mass is 16.5. The van der Waals surface area contributed by atoms with Gasteiger partial charge in [0.1, 0.15) is 0 Å². The van der Waals surface area contributed by atoms with E-state index in [2.05, 4.69) is 28.5 Å². The number of hydrogen-bond donors (Lipinski definition) is 3. The predicted octanol–water partition coefficient (Wildman–Crippen LogP) is 6.09. The van der Waals surface area contributed by atoms with Crippen molar-refractivity contribution < 1.29 is 19.1 Å². The molecule has 8 nitrogen and oxygen atoms in total. The highest BCUT2D eigenvalue weighted by Crippen LogP contribution is 2.31. The third kappa shape index (κ3) is 6.68. The molecule has 6 rings (SSSR count). The highest BCUT2D eigenvalue weighted by Gasteiger charge is 2.36. The van der Waals surface area contributed by atoms with Gasteiger partial charge in [-0.1, -0.05) is 97.1 Å². The third-order valence-electron chi connectivity index (χ3n) is 8.52. The summed E-state index contributed by atoms with van der Waals surface area (Å²) in [6, 6.07) is 36.1. The molecule has 0 bridgehead atoms. The van der Waals surface area contributed by atoms with Gasteiger partial charge in [0.2, 0.25) is 0 Å². The summed E-state index contributed by atoms with van der Waals surface area (Å²) < 4.78 is 11.4. The fourth-order valence-corrected chi connectivity index (χ4v) is 6.17. The van der Waals surface area contributed by atoms with Crippen LogP contribution in [-0.4, -0.2) is 49.4 Å². The Hall–Kier alpha value is -4.76. The number of benzene rings is 4. The smallest absolute Gasteiger partial charge is 0.420 e. The maximum absolute atomic E-state index is 14.2. The number of ether oxygens (including phenoxy) is 2. The van der Waals surface area contributed by atoms with Crippen molar-refractivity contribution in [1.29, 1.82) is 0 Å². The van der Waals surface area contributed by atoms with Gasteiger partial charge in [0.05, 0.1) is 37.6 Å². The van der Waals surface area contributed by atoms with Gasteiger partial charge in [-0.05, 0) is 53.1 Å². The number of H-pyrrole nitrogens is 1. The number of amides is 2. The molecule has 2 heterocycles. The van der Waals surface area contributed by atoms with Crippen LogP contribution in [0.1, 0.15) is 40.8 Å². The summed E-state index contributed by atoms with van der Waals surface area (Å²) in [6.45, 7) is 1.23. The largest absolute Gasteiger partial charge is 0.452 e. The number of carbonyl (C=O) groups excluding carboxylic acids is 2. The first-order chi connectivity index (χ1) is 22.0. The van der Waals surface area contributed by atoms with Gasteiger partial charge in [-0.25, -0.2) is 9.69 Å². The number of aromatic amines is 1. The summed E-state index contributed by atoms with van der Waals surface area (Å²) >= 11 is 0. The molecular weight excluding hydrogens is 564 g/mol. The zero-order chi connectivity index (χ0) is 31.2. The maximum atomic E-state index is 14.2. The number of fused-ring (bicyclic) bond motifs is 1. The maximum Gasteiger partial charge on any atom is 0.420 e. The van der Waals surface area contributed by atoms with E-state index in [9.17, 15) is 9.59 Å². The summed E-state index contributed by atoms with van der Waals surface area (Å²) in [5.74, 6) is -1.00. The molecule has 0 unspecified atom stereocenters. The summed E-state index contributed by atoms with van der Waals surface area (Å²) in [6.07, 6.45) is 0.495. The van der Waals surface area contributed by atoms with Crippen molar-refractivity contribution in [3.8, 4) is 0 Å². The van der Waals surface area contributed by atoms with E-state index in [1.807, 2.05) is 91.0 Å². The fraction of sp³-hybridized carbons (Fsp3) is 0.243. The number of nitrogens with zero attached hydrogens (tertiary/aromatic N) is 1. The number of nitrogens with one attached hydrogen (secondary N) is 2. The van der Waals surface area contributed by atoms with Crippen LogP contribution in [0, 0.1) is 0 Å². The molecule has 1 aromatic heterocycles. The van der Waals surface area contributed by atoms with Crippen LogP contribution in [0.3, 0.4) is 0 Å². The molecule has 230 valence electrons. The predicted molar refractivity (Wildman–Crippen MR) is 176 cm³/mol. The minimum atomic E-state index is -1.05. The normalized spacial score (nSPS) is 17.2. The van der Waals surface area contributed by atoms with Crippen molar-refractivity contribution in [2.24, 2.45) is 5.73 Å². The first-order valence-corrected chi connectivity index (χ1v) is 15.3. The van der Waals surface area contributed by atoms with Gasteiger partial charge in [-0.2, -0.15) is 0 Å². The van der Waals surface area contributed by atoms with Gasteiger partial charge in [-0.15, -0.1) is 0 Å². The molecule has 0 saturated carbocycles. The molecule has 8 heteroatoms. The molecule has 1 aliphatic rings. The molecule has 2 amide bonds. The quantitative estimate of drug-likeness (QED) is 0.188. The van der Waals surface area contributed by atoms with E-state index in [1.54, 1.807) is 6.07 Å². The zero-order valence-corrected chi connectivity index (χ0v) is 25.3. The number of nitrogens with two attached hydrogens (primary N) is 1. The van der Waals surface area contributed by atoms with Crippen LogP contribution < -0.4 is 16.0 Å². The van der Waals surface area contributed by atoms with Gasteiger partial charge in [0.25, 0.3) is 5.91 Å². The Morgan fingerprint density at radius 3 is 2.20 bits per heavy atom. The van der Waals surface area contributed by atoms with Crippen LogP contribution in [0.5, 0.6) is 0 Å². The van der Waals surface area contributed by atoms with Crippen LogP contribution in [-0.2, 0) is 20.7 Å². The molecule has 1 saturated heterocycles. The molecule has 0 spiro atoms. The number of carbonyl (C=O) groups is 2. The standard InChI is InChI=1S/C37H38N4O4/c1-44-37(43)41(36(42)35(38)34(26-13-4-2-5-14-26)27-15-6-3-7-16-27)33-19-11-9-12-25(33)20-21-29-23-39-32(24-45-29)31-22-28-17-8-10-18-30(28)40-31/h2-19,22,29,32,34-35,39-40H,20-21,23-24,38H2,1H3/t29-,32+,35+/m1/s1. The molecule has 5 aromatic rings. The van der Waals surface area contributed by atoms with Gasteiger partial charge < -0.3 is 25.5 Å². The topological polar surface area (TPSA) is 110 Å². The number of aryl methyl sites for hydroxylation is 1. The van der Waals surface area contributed by atoms with E-state index in [0.29, 0.717) is 31.7 Å². The zero-order valence-electron chi connectivity index (χ0n) is 25.3. The Morgan fingerprint density at radius 1 is 0.911 bits per heavy atom. The van der Waals surface area contributed by atoms with Crippen LogP contribution in [0.15, 0.2) is 115 Å². The molecule has 1 fully saturated rings. The lowest BCUT2D eigenvalue weighted by Gasteiger charge is -2.31. The highest BCUT2D eigenvalue weighted by molar-refractivity contribution is 6.15. The third-order valence-corrected chi connectivity index (χ3v) is 8.52. The molecule has 4 N–H and O–H groups in total. The Bertz CT molecular complexity index is 1660. The summed E-state index contributed by atoms with van der Waals surface area (Å²) in [7, 11) is 1.27. The van der Waals surface area contributed by atoms with E-state index in [-0.39, 0.29) is 12.1 Å². The van der Waals surface area contributed by atoms with Crippen molar-refractivity contribution in [2.45, 2.75) is 36.9 Å². The van der Waals surface area contributed by atoms with Gasteiger partial charge in [-0.3, -0.25) is 4.79 Å². The molecule has 0 radical (unpaired) electrons. The monoisotopic (exact) mass is 602 g/mol. The lowest BCUT2D eigenvalue weighted by atomic mass is 9.84. The summed E-state index contributed by atoms with van der Waals surface area (Å²) in [4.78, 5) is 32.0. The van der Waals surface area contributed by atoms with Crippen molar-refractivity contribution in [3.63, 3.8) is 0 Å². The molecule has 45 heavy (non-hydrogen) atoms. The van der Waals surface area contributed by atoms with Crippen molar-refractivity contribution >= 4 is 28.6 Å². The fourth-order valence-electron chi connectivity index (χ4n) is 6.17. The van der Waals surface area contributed by atoms with Crippen LogP contribution in [0.2, 0.25) is 0 Å². The number of anilines is 1. The average molecular weight is 603 g/mol. The number of para-hydroxylation sites is 2. The Kier molecular flexibility index (Phi) is 9.35. The van der Waals surface area contributed by atoms with Crippen molar-refractivity contribution in [1.82, 2.24) is 10.3 Å². The Labute approximate surface area is 263 Å². The van der Waals surface area contributed by atoms with Gasteiger partial charge in [0, 0.05) is 23.7 Å². The molecule has 3 atom stereocenters. The van der Waals surface area contributed by atoms with Crippen LogP contribution >= 0.6 is 0 Å². The SMILES string of the molecule is COC(=O)N(C(=O)[C@@H](N)C(c1ccccc1)c1ccccc1)c1ccccc1CC[C@@H]1CN[C@H](c2cc3ccccc3[nH]2)CO1. The number of morpholine rings is 1. The number of imide groups is 1. The molecule has 1 aliphatic heterocycles. The lowest BCUT2D eigenvalue weighted by Crippen LogP contribution is -2.50. The summed E-state index contributed by atoms with van der Waals surface area (Å²) in [5, 5.41) is 4.79. The Morgan fingerprint density at radius 2 is 1.56 bits per heavy atom. The minimum absolute atomic E-state index is 0.0243. The second-order valence-electron chi connectivity index (χ2n) is 11.4. The number of hydrogen-bond acceptors (Lipinski definition) is 6. The second kappa shape index (κ2) is 13.9. The van der Waals surface area contributed by atoms with E-state index >= 15 is 0 Å². The van der Waals surface area contributed by atoms with Crippen LogP contribution in [0.25, 0.3) is 10.9 Å². The summed E-state index contributed by atoms with van der Waals surface area (Å²) in [5.41, 5.74) is 12.0. The number of aromatic nitrogens is 1. The first-order valence-electron chi connectivity index (χ1n) is 15.3. The van der Waals surface area contributed by atoms with Crippen molar-refractivity contribution in [3.05, 3.63) is 138 Å². The average Bonchev–Trinajstić information content (AvgIpc) is 3.53. The van der Waals surface area contributed by atoms with E-state index in [4.69, 9.17) is 15.2 Å². The van der Waals surface area contributed by atoms with E-state index in [0.717, 1.165) is 32.8 Å². The molecule has 0 aliphatic carbocycles. The molecule has 4 aromatic carbocycles. The Balaban J connectivity index is 1.18. The number of rotatable bonds is 9. The minimum Gasteiger partial charge on any atom is -0.452 e. The number of methoxy groups -OCH3 is 1. The van der Waals surface area contributed by atoms with Gasteiger partial charge in [0.15, 0.2) is 0 Å². The van der Waals surface area contributed by atoms with Gasteiger partial charge >= 0.3 is 6.09 Å². The van der Waals surface area contributed by atoms with E-state index < -0.39 is 24.0 Å². The van der Waals surface area contributed by atoms with Crippen molar-refractivity contribution in [2.75, 3.05) is 25.2 Å². The van der Waals surface area contributed by atoms with Crippen LogP contribution in [0.4, 0.5) is 10.5 Å². The second-order valence-corrected chi connectivity index (χ2v) is 11.4. The lowest BCUT2D eigenvalue weighted by molar-refractivity contribution is -0.119. The first kappa shape index (κ1) is 30.3. The molecular formula is C37H38N4O4.